The molecule has 0 N–H and O–H groups in total. The largest absolute Gasteiger partial charge is 0.378 e. The van der Waals surface area contributed by atoms with Gasteiger partial charge in [0.1, 0.15) is 11.8 Å². The Labute approximate surface area is 82.7 Å². The van der Waals surface area contributed by atoms with Crippen molar-refractivity contribution in [3.63, 3.8) is 0 Å². The van der Waals surface area contributed by atoms with Crippen LogP contribution in [0.1, 0.15) is 5.69 Å². The normalized spacial score (nSPS) is 16.4. The third-order valence-corrected chi connectivity index (χ3v) is 2.23. The summed E-state index contributed by atoms with van der Waals surface area (Å²) < 4.78 is 5.26. The van der Waals surface area contributed by atoms with Crippen LogP contribution >= 0.6 is 0 Å². The maximum Gasteiger partial charge on any atom is 0.142 e. The Kier molecular flexibility index (Phi) is 2.61. The molecular formula is C10H11N3O. The molecule has 0 bridgehead atoms. The van der Waals surface area contributed by atoms with Gasteiger partial charge in [-0.2, -0.15) is 5.26 Å². The van der Waals surface area contributed by atoms with Gasteiger partial charge in [-0.15, -0.1) is 0 Å². The van der Waals surface area contributed by atoms with Gasteiger partial charge < -0.3 is 9.64 Å². The lowest BCUT2D eigenvalue weighted by molar-refractivity contribution is 0.122. The molecule has 4 nitrogen and oxygen atoms in total. The summed E-state index contributed by atoms with van der Waals surface area (Å²) in [6.07, 6.45) is 1.67. The Morgan fingerprint density at radius 2 is 2.21 bits per heavy atom. The molecule has 0 atom stereocenters. The third-order valence-electron chi connectivity index (χ3n) is 2.23. The zero-order valence-corrected chi connectivity index (χ0v) is 7.81. The molecule has 4 heteroatoms. The summed E-state index contributed by atoms with van der Waals surface area (Å²) in [5.74, 6) is 0. The predicted octanol–water partition coefficient (Wildman–Crippen LogP) is 0.790. The summed E-state index contributed by atoms with van der Waals surface area (Å²) in [5, 5.41) is 8.70. The van der Waals surface area contributed by atoms with E-state index < -0.39 is 0 Å². The van der Waals surface area contributed by atoms with Crippen molar-refractivity contribution in [1.29, 1.82) is 5.26 Å². The second-order valence-corrected chi connectivity index (χ2v) is 3.11. The van der Waals surface area contributed by atoms with Crippen molar-refractivity contribution in [3.05, 3.63) is 24.0 Å². The lowest BCUT2D eigenvalue weighted by Crippen LogP contribution is -2.36. The number of nitriles is 1. The molecule has 0 amide bonds. The number of rotatable bonds is 1. The molecule has 72 valence electrons. The van der Waals surface area contributed by atoms with E-state index in [1.807, 2.05) is 18.2 Å². The molecule has 1 aromatic heterocycles. The van der Waals surface area contributed by atoms with Crippen LogP contribution in [0.4, 0.5) is 5.69 Å². The zero-order valence-electron chi connectivity index (χ0n) is 7.81. The first-order valence-electron chi connectivity index (χ1n) is 4.59. The molecule has 0 aliphatic carbocycles. The van der Waals surface area contributed by atoms with E-state index in [0.717, 1.165) is 32.0 Å². The highest BCUT2D eigenvalue weighted by Crippen LogP contribution is 2.15. The van der Waals surface area contributed by atoms with Gasteiger partial charge in [-0.1, -0.05) is 0 Å². The van der Waals surface area contributed by atoms with Crippen LogP contribution in [0.5, 0.6) is 0 Å². The first-order chi connectivity index (χ1) is 6.90. The monoisotopic (exact) mass is 189 g/mol. The quantitative estimate of drug-likeness (QED) is 0.655. The maximum absolute atomic E-state index is 8.70. The average molecular weight is 189 g/mol. The number of morpholine rings is 1. The number of anilines is 1. The fraction of sp³-hybridized carbons (Fsp3) is 0.400. The van der Waals surface area contributed by atoms with Crippen molar-refractivity contribution in [2.24, 2.45) is 0 Å². The summed E-state index contributed by atoms with van der Waals surface area (Å²) >= 11 is 0. The van der Waals surface area contributed by atoms with Crippen molar-refractivity contribution in [1.82, 2.24) is 4.98 Å². The number of pyridine rings is 1. The van der Waals surface area contributed by atoms with Crippen LogP contribution in [0.3, 0.4) is 0 Å². The molecule has 0 radical (unpaired) electrons. The Hall–Kier alpha value is -1.60. The molecule has 0 aromatic carbocycles. The molecular weight excluding hydrogens is 178 g/mol. The molecule has 0 unspecified atom stereocenters. The van der Waals surface area contributed by atoms with E-state index in [1.54, 1.807) is 6.20 Å². The van der Waals surface area contributed by atoms with E-state index in [0.29, 0.717) is 5.69 Å². The van der Waals surface area contributed by atoms with E-state index in [1.165, 1.54) is 0 Å². The topological polar surface area (TPSA) is 49.2 Å². The first kappa shape index (κ1) is 8.97. The van der Waals surface area contributed by atoms with Gasteiger partial charge >= 0.3 is 0 Å². The Bertz CT molecular complexity index is 353. The van der Waals surface area contributed by atoms with Gasteiger partial charge in [0.15, 0.2) is 0 Å². The zero-order chi connectivity index (χ0) is 9.80. The molecule has 1 fully saturated rings. The van der Waals surface area contributed by atoms with Crippen LogP contribution in [0.2, 0.25) is 0 Å². The van der Waals surface area contributed by atoms with E-state index in [4.69, 9.17) is 10.00 Å². The number of aromatic nitrogens is 1. The smallest absolute Gasteiger partial charge is 0.142 e. The molecule has 2 heterocycles. The highest BCUT2D eigenvalue weighted by Gasteiger charge is 2.11. The van der Waals surface area contributed by atoms with Gasteiger partial charge in [-0.25, -0.2) is 4.98 Å². The highest BCUT2D eigenvalue weighted by molar-refractivity contribution is 5.48. The predicted molar refractivity (Wildman–Crippen MR) is 52.0 cm³/mol. The maximum atomic E-state index is 8.70. The number of nitrogens with zero attached hydrogens (tertiary/aromatic N) is 3. The SMILES string of the molecule is N#Cc1cc(N2CCOCC2)ccn1. The van der Waals surface area contributed by atoms with Crippen LogP contribution in [-0.2, 0) is 4.74 Å². The average Bonchev–Trinajstić information content (AvgIpc) is 2.30. The van der Waals surface area contributed by atoms with Crippen LogP contribution in [-0.4, -0.2) is 31.3 Å². The summed E-state index contributed by atoms with van der Waals surface area (Å²) in [6.45, 7) is 3.28. The standard InChI is InChI=1S/C10H11N3O/c11-8-9-7-10(1-2-12-9)13-3-5-14-6-4-13/h1-2,7H,3-6H2. The minimum atomic E-state index is 0.467. The molecule has 0 saturated carbocycles. The third kappa shape index (κ3) is 1.83. The molecule has 1 aliphatic rings. The summed E-state index contributed by atoms with van der Waals surface area (Å²) in [6, 6.07) is 5.77. The first-order valence-corrected chi connectivity index (χ1v) is 4.59. The summed E-state index contributed by atoms with van der Waals surface area (Å²) in [4.78, 5) is 6.13. The van der Waals surface area contributed by atoms with Crippen LogP contribution in [0, 0.1) is 11.3 Å². The van der Waals surface area contributed by atoms with Gasteiger partial charge in [-0.3, -0.25) is 0 Å². The van der Waals surface area contributed by atoms with Crippen molar-refractivity contribution >= 4 is 5.69 Å². The molecule has 14 heavy (non-hydrogen) atoms. The van der Waals surface area contributed by atoms with Gasteiger partial charge in [-0.05, 0) is 12.1 Å². The second kappa shape index (κ2) is 4.07. The fourth-order valence-corrected chi connectivity index (χ4v) is 1.50. The van der Waals surface area contributed by atoms with Crippen molar-refractivity contribution in [2.75, 3.05) is 31.2 Å². The molecule has 2 rings (SSSR count). The van der Waals surface area contributed by atoms with E-state index >= 15 is 0 Å². The number of hydrogen-bond acceptors (Lipinski definition) is 4. The van der Waals surface area contributed by atoms with Gasteiger partial charge in [0.25, 0.3) is 0 Å². The van der Waals surface area contributed by atoms with Crippen molar-refractivity contribution in [3.8, 4) is 6.07 Å². The van der Waals surface area contributed by atoms with Crippen LogP contribution < -0.4 is 4.90 Å². The molecule has 1 aromatic rings. The lowest BCUT2D eigenvalue weighted by Gasteiger charge is -2.28. The fourth-order valence-electron chi connectivity index (χ4n) is 1.50. The van der Waals surface area contributed by atoms with Gasteiger partial charge in [0, 0.05) is 25.0 Å². The minimum absolute atomic E-state index is 0.467. The molecule has 1 saturated heterocycles. The lowest BCUT2D eigenvalue weighted by atomic mass is 10.3. The van der Waals surface area contributed by atoms with Crippen LogP contribution in [0.25, 0.3) is 0 Å². The second-order valence-electron chi connectivity index (χ2n) is 3.11. The van der Waals surface area contributed by atoms with E-state index in [9.17, 15) is 0 Å². The Morgan fingerprint density at radius 3 is 2.93 bits per heavy atom. The summed E-state index contributed by atoms with van der Waals surface area (Å²) in [5.41, 5.74) is 1.52. The van der Waals surface area contributed by atoms with E-state index in [-0.39, 0.29) is 0 Å². The Balaban J connectivity index is 2.18. The van der Waals surface area contributed by atoms with Gasteiger partial charge in [0.05, 0.1) is 13.2 Å². The van der Waals surface area contributed by atoms with Crippen molar-refractivity contribution in [2.45, 2.75) is 0 Å². The van der Waals surface area contributed by atoms with Crippen molar-refractivity contribution < 1.29 is 4.74 Å². The summed E-state index contributed by atoms with van der Waals surface area (Å²) in [7, 11) is 0. The highest BCUT2D eigenvalue weighted by atomic mass is 16.5. The molecule has 1 aliphatic heterocycles. The van der Waals surface area contributed by atoms with Gasteiger partial charge in [0.2, 0.25) is 0 Å². The van der Waals surface area contributed by atoms with Crippen LogP contribution in [0.15, 0.2) is 18.3 Å². The number of ether oxygens (including phenoxy) is 1. The molecule has 0 spiro atoms. The van der Waals surface area contributed by atoms with E-state index in [2.05, 4.69) is 9.88 Å². The number of hydrogen-bond donors (Lipinski definition) is 0. The minimum Gasteiger partial charge on any atom is -0.378 e. The Morgan fingerprint density at radius 1 is 1.43 bits per heavy atom.